The lowest BCUT2D eigenvalue weighted by Crippen LogP contribution is -2.42. The molecular weight excluding hydrogens is 396 g/mol. The van der Waals surface area contributed by atoms with E-state index in [1.54, 1.807) is 23.2 Å². The van der Waals surface area contributed by atoms with Gasteiger partial charge in [0.25, 0.3) is 5.91 Å². The largest absolute Gasteiger partial charge is 0.484 e. The van der Waals surface area contributed by atoms with E-state index in [2.05, 4.69) is 4.98 Å². The van der Waals surface area contributed by atoms with E-state index < -0.39 is 0 Å². The van der Waals surface area contributed by atoms with E-state index in [0.29, 0.717) is 31.0 Å². The second-order valence-electron chi connectivity index (χ2n) is 7.60. The van der Waals surface area contributed by atoms with Crippen LogP contribution < -0.4 is 10.4 Å². The van der Waals surface area contributed by atoms with Crippen molar-refractivity contribution in [2.24, 2.45) is 0 Å². The van der Waals surface area contributed by atoms with Gasteiger partial charge in [-0.3, -0.25) is 9.78 Å². The van der Waals surface area contributed by atoms with Gasteiger partial charge in [-0.25, -0.2) is 4.79 Å². The fourth-order valence-electron chi connectivity index (χ4n) is 3.79. The van der Waals surface area contributed by atoms with E-state index in [9.17, 15) is 9.59 Å². The van der Waals surface area contributed by atoms with E-state index in [4.69, 9.17) is 13.9 Å². The van der Waals surface area contributed by atoms with Gasteiger partial charge in [0.15, 0.2) is 6.61 Å². The normalized spacial score (nSPS) is 14.7. The second-order valence-corrected chi connectivity index (χ2v) is 7.60. The molecule has 0 bridgehead atoms. The summed E-state index contributed by atoms with van der Waals surface area (Å²) in [5.41, 5.74) is 1.93. The second kappa shape index (κ2) is 9.75. The number of ether oxygens (including phenoxy) is 2. The Hall–Kier alpha value is -3.19. The first-order valence-corrected chi connectivity index (χ1v) is 10.6. The molecule has 1 aromatic carbocycles. The topological polar surface area (TPSA) is 81.9 Å². The Morgan fingerprint density at radius 1 is 1.19 bits per heavy atom. The number of pyridine rings is 1. The number of likely N-dealkylation sites (tertiary alicyclic amines) is 1. The highest BCUT2D eigenvalue weighted by atomic mass is 16.5. The minimum absolute atomic E-state index is 0.0529. The molecular formula is C24H26N2O5. The minimum atomic E-state index is -0.384. The molecule has 7 heteroatoms. The predicted octanol–water partition coefficient (Wildman–Crippen LogP) is 3.34. The van der Waals surface area contributed by atoms with E-state index in [1.165, 1.54) is 6.07 Å². The van der Waals surface area contributed by atoms with Crippen LogP contribution in [0.1, 0.15) is 31.0 Å². The third-order valence-electron chi connectivity index (χ3n) is 5.53. The summed E-state index contributed by atoms with van der Waals surface area (Å²) in [5, 5.41) is 0.883. The molecule has 0 aliphatic carbocycles. The summed E-state index contributed by atoms with van der Waals surface area (Å²) in [6, 6.07) is 12.6. The number of rotatable bonds is 7. The van der Waals surface area contributed by atoms with Crippen molar-refractivity contribution in [2.75, 3.05) is 19.7 Å². The number of hydrogen-bond acceptors (Lipinski definition) is 6. The third-order valence-corrected chi connectivity index (χ3v) is 5.53. The molecule has 1 fully saturated rings. The molecule has 0 spiro atoms. The Kier molecular flexibility index (Phi) is 6.62. The molecule has 0 N–H and O–H groups in total. The summed E-state index contributed by atoms with van der Waals surface area (Å²) in [7, 11) is 0. The summed E-state index contributed by atoms with van der Waals surface area (Å²) in [6.07, 6.45) is 4.20. The fraction of sp³-hybridized carbons (Fsp3) is 0.375. The van der Waals surface area contributed by atoms with Crippen molar-refractivity contribution < 1.29 is 18.7 Å². The Morgan fingerprint density at radius 3 is 2.77 bits per heavy atom. The number of nitrogens with zero attached hydrogens (tertiary/aromatic N) is 2. The average Bonchev–Trinajstić information content (AvgIpc) is 2.81. The Bertz CT molecular complexity index is 1090. The van der Waals surface area contributed by atoms with Gasteiger partial charge in [-0.15, -0.1) is 0 Å². The quantitative estimate of drug-likeness (QED) is 0.543. The minimum Gasteiger partial charge on any atom is -0.484 e. The van der Waals surface area contributed by atoms with Crippen LogP contribution in [0, 0.1) is 0 Å². The Labute approximate surface area is 180 Å². The van der Waals surface area contributed by atoms with Gasteiger partial charge in [-0.2, -0.15) is 0 Å². The first kappa shape index (κ1) is 21.1. The van der Waals surface area contributed by atoms with Crippen LogP contribution in [0.25, 0.3) is 11.0 Å². The van der Waals surface area contributed by atoms with E-state index in [1.807, 2.05) is 31.2 Å². The third kappa shape index (κ3) is 5.30. The summed E-state index contributed by atoms with van der Waals surface area (Å²) in [6.45, 7) is 3.70. The lowest BCUT2D eigenvalue weighted by molar-refractivity contribution is -0.136. The maximum Gasteiger partial charge on any atom is 0.336 e. The molecule has 4 rings (SSSR count). The van der Waals surface area contributed by atoms with E-state index >= 15 is 0 Å². The molecule has 2 aromatic heterocycles. The maximum atomic E-state index is 12.6. The number of amides is 1. The number of piperidine rings is 1. The number of hydrogen-bond donors (Lipinski definition) is 0. The predicted molar refractivity (Wildman–Crippen MR) is 116 cm³/mol. The van der Waals surface area contributed by atoms with Gasteiger partial charge in [0.1, 0.15) is 11.3 Å². The molecule has 0 unspecified atom stereocenters. The van der Waals surface area contributed by atoms with Crippen molar-refractivity contribution in [2.45, 2.75) is 38.9 Å². The van der Waals surface area contributed by atoms with Crippen molar-refractivity contribution in [1.29, 1.82) is 0 Å². The van der Waals surface area contributed by atoms with Crippen molar-refractivity contribution in [3.63, 3.8) is 0 Å². The molecule has 0 radical (unpaired) electrons. The Morgan fingerprint density at radius 2 is 2.03 bits per heavy atom. The molecule has 3 aromatic rings. The Balaban J connectivity index is 1.27. The van der Waals surface area contributed by atoms with Crippen molar-refractivity contribution >= 4 is 16.9 Å². The van der Waals surface area contributed by atoms with Gasteiger partial charge >= 0.3 is 5.63 Å². The van der Waals surface area contributed by atoms with Crippen molar-refractivity contribution in [3.8, 4) is 5.75 Å². The van der Waals surface area contributed by atoms with E-state index in [-0.39, 0.29) is 24.2 Å². The summed E-state index contributed by atoms with van der Waals surface area (Å²) in [5.74, 6) is 0.442. The molecule has 1 aliphatic rings. The van der Waals surface area contributed by atoms with Crippen LogP contribution in [-0.2, 0) is 22.6 Å². The standard InChI is InChI=1S/C24H26N2O5/c1-2-17-13-24(28)31-22-14-20(6-7-21(17)22)30-16-23(27)26-11-8-19(9-12-26)29-15-18-5-3-4-10-25-18/h3-7,10,13-14,19H,2,8-9,11-12,15-16H2,1H3. The van der Waals surface area contributed by atoms with Gasteiger partial charge in [-0.1, -0.05) is 13.0 Å². The molecule has 0 saturated carbocycles. The van der Waals surface area contributed by atoms with Crippen molar-refractivity contribution in [3.05, 3.63) is 70.3 Å². The molecule has 3 heterocycles. The summed E-state index contributed by atoms with van der Waals surface area (Å²) >= 11 is 0. The highest BCUT2D eigenvalue weighted by Gasteiger charge is 2.23. The first-order valence-electron chi connectivity index (χ1n) is 10.6. The molecule has 162 valence electrons. The van der Waals surface area contributed by atoms with Gasteiger partial charge in [0, 0.05) is 36.8 Å². The maximum absolute atomic E-state index is 12.6. The number of aromatic nitrogens is 1. The zero-order valence-electron chi connectivity index (χ0n) is 17.6. The van der Waals surface area contributed by atoms with Gasteiger partial charge < -0.3 is 18.8 Å². The lowest BCUT2D eigenvalue weighted by Gasteiger charge is -2.31. The highest BCUT2D eigenvalue weighted by Crippen LogP contribution is 2.23. The SMILES string of the molecule is CCc1cc(=O)oc2cc(OCC(=O)N3CCC(OCc4ccccn4)CC3)ccc12. The van der Waals surface area contributed by atoms with Gasteiger partial charge in [0.05, 0.1) is 18.4 Å². The molecule has 0 atom stereocenters. The number of aryl methyl sites for hydroxylation is 1. The van der Waals surface area contributed by atoms with Gasteiger partial charge in [-0.05, 0) is 49.1 Å². The summed E-state index contributed by atoms with van der Waals surface area (Å²) in [4.78, 5) is 30.3. The molecule has 1 saturated heterocycles. The fourth-order valence-corrected chi connectivity index (χ4v) is 3.79. The average molecular weight is 422 g/mol. The molecule has 7 nitrogen and oxygen atoms in total. The smallest absolute Gasteiger partial charge is 0.336 e. The zero-order valence-corrected chi connectivity index (χ0v) is 17.6. The number of benzene rings is 1. The van der Waals surface area contributed by atoms with Crippen LogP contribution >= 0.6 is 0 Å². The van der Waals surface area contributed by atoms with Crippen LogP contribution in [0.4, 0.5) is 0 Å². The van der Waals surface area contributed by atoms with Crippen LogP contribution in [0.15, 0.2) is 57.9 Å². The van der Waals surface area contributed by atoms with Crippen LogP contribution in [0.3, 0.4) is 0 Å². The first-order chi connectivity index (χ1) is 15.1. The molecule has 31 heavy (non-hydrogen) atoms. The zero-order chi connectivity index (χ0) is 21.6. The number of carbonyl (C=O) groups is 1. The van der Waals surface area contributed by atoms with Crippen LogP contribution in [0.5, 0.6) is 5.75 Å². The monoisotopic (exact) mass is 422 g/mol. The molecule has 1 aliphatic heterocycles. The number of carbonyl (C=O) groups excluding carboxylic acids is 1. The van der Waals surface area contributed by atoms with Crippen molar-refractivity contribution in [1.82, 2.24) is 9.88 Å². The summed E-state index contributed by atoms with van der Waals surface area (Å²) < 4.78 is 16.9. The van der Waals surface area contributed by atoms with Crippen LogP contribution in [0.2, 0.25) is 0 Å². The molecule has 1 amide bonds. The lowest BCUT2D eigenvalue weighted by atomic mass is 10.1. The highest BCUT2D eigenvalue weighted by molar-refractivity contribution is 5.82. The van der Waals surface area contributed by atoms with Crippen LogP contribution in [-0.4, -0.2) is 41.6 Å². The number of fused-ring (bicyclic) bond motifs is 1. The van der Waals surface area contributed by atoms with Gasteiger partial charge in [0.2, 0.25) is 0 Å². The van der Waals surface area contributed by atoms with E-state index in [0.717, 1.165) is 35.9 Å².